The molecule has 31 heavy (non-hydrogen) atoms. The maximum Gasteiger partial charge on any atom is 0.269 e. The van der Waals surface area contributed by atoms with Gasteiger partial charge >= 0.3 is 0 Å². The normalized spacial score (nSPS) is 25.5. The third kappa shape index (κ3) is 3.52. The van der Waals surface area contributed by atoms with Crippen molar-refractivity contribution in [3.05, 3.63) is 75.9 Å². The van der Waals surface area contributed by atoms with Gasteiger partial charge in [-0.25, -0.2) is 8.42 Å². The first kappa shape index (κ1) is 20.2. The number of hydrogen-bond donors (Lipinski definition) is 1. The van der Waals surface area contributed by atoms with Crippen molar-refractivity contribution in [1.29, 1.82) is 0 Å². The molecule has 5 rings (SSSR count). The number of non-ortho nitro benzene ring substituents is 1. The summed E-state index contributed by atoms with van der Waals surface area (Å²) in [5.41, 5.74) is 2.75. The highest BCUT2D eigenvalue weighted by molar-refractivity contribution is 7.89. The largest absolute Gasteiger partial charge is 0.379 e. The summed E-state index contributed by atoms with van der Waals surface area (Å²) >= 11 is 0. The molecule has 3 aliphatic rings. The van der Waals surface area contributed by atoms with Crippen LogP contribution in [0.1, 0.15) is 29.5 Å². The lowest BCUT2D eigenvalue weighted by Crippen LogP contribution is -2.40. The molecule has 0 saturated carbocycles. The monoisotopic (exact) mass is 441 g/mol. The fourth-order valence-corrected chi connectivity index (χ4v) is 6.27. The number of sulfonamides is 1. The van der Waals surface area contributed by atoms with Gasteiger partial charge in [-0.3, -0.25) is 10.1 Å². The van der Waals surface area contributed by atoms with Crippen molar-refractivity contribution in [2.75, 3.05) is 31.6 Å². The van der Waals surface area contributed by atoms with Crippen LogP contribution < -0.4 is 5.32 Å². The minimum Gasteiger partial charge on any atom is -0.379 e. The summed E-state index contributed by atoms with van der Waals surface area (Å²) < 4.78 is 33.0. The molecule has 1 N–H and O–H groups in total. The highest BCUT2D eigenvalue weighted by Gasteiger charge is 2.39. The summed E-state index contributed by atoms with van der Waals surface area (Å²) in [6.45, 7) is 1.53. The Balaban J connectivity index is 1.51. The van der Waals surface area contributed by atoms with Gasteiger partial charge in [0.25, 0.3) is 5.69 Å². The summed E-state index contributed by atoms with van der Waals surface area (Å²) in [7, 11) is -3.58. The van der Waals surface area contributed by atoms with Crippen molar-refractivity contribution in [3.8, 4) is 0 Å². The maximum atomic E-state index is 13.1. The minimum absolute atomic E-state index is 0.0559. The maximum absolute atomic E-state index is 13.1. The van der Waals surface area contributed by atoms with E-state index in [0.29, 0.717) is 31.2 Å². The molecule has 2 aromatic rings. The number of benzene rings is 2. The lowest BCUT2D eigenvalue weighted by Gasteiger charge is -2.38. The average molecular weight is 442 g/mol. The molecule has 0 bridgehead atoms. The van der Waals surface area contributed by atoms with E-state index in [1.54, 1.807) is 24.3 Å². The number of anilines is 1. The number of nitro benzene ring substituents is 1. The van der Waals surface area contributed by atoms with E-state index in [2.05, 4.69) is 17.5 Å². The molecule has 0 spiro atoms. The predicted octanol–water partition coefficient (Wildman–Crippen LogP) is 3.44. The fourth-order valence-electron chi connectivity index (χ4n) is 4.83. The Morgan fingerprint density at radius 1 is 1.13 bits per heavy atom. The van der Waals surface area contributed by atoms with Crippen LogP contribution in [0.4, 0.5) is 11.4 Å². The van der Waals surface area contributed by atoms with Crippen molar-refractivity contribution in [1.82, 2.24) is 4.31 Å². The molecule has 162 valence electrons. The SMILES string of the molecule is O=[N+]([O-])c1cccc(C2Nc3ccc(S(=O)(=O)N4CCOCC4)cc3C3C=CCC32)c1. The van der Waals surface area contributed by atoms with Crippen LogP contribution in [0.3, 0.4) is 0 Å². The topological polar surface area (TPSA) is 102 Å². The highest BCUT2D eigenvalue weighted by atomic mass is 32.2. The van der Waals surface area contributed by atoms with E-state index in [-0.39, 0.29) is 28.5 Å². The van der Waals surface area contributed by atoms with Crippen LogP contribution in [0, 0.1) is 16.0 Å². The van der Waals surface area contributed by atoms with Crippen molar-refractivity contribution >= 4 is 21.4 Å². The van der Waals surface area contributed by atoms with Crippen LogP contribution in [0.25, 0.3) is 0 Å². The summed E-state index contributed by atoms with van der Waals surface area (Å²) in [5.74, 6) is 0.219. The van der Waals surface area contributed by atoms with Crippen molar-refractivity contribution in [3.63, 3.8) is 0 Å². The van der Waals surface area contributed by atoms with Crippen LogP contribution in [0.15, 0.2) is 59.5 Å². The van der Waals surface area contributed by atoms with E-state index < -0.39 is 10.0 Å². The summed E-state index contributed by atoms with van der Waals surface area (Å²) in [4.78, 5) is 11.1. The third-order valence-corrected chi connectivity index (χ3v) is 8.28. The first-order valence-corrected chi connectivity index (χ1v) is 11.8. The zero-order valence-electron chi connectivity index (χ0n) is 16.8. The van der Waals surface area contributed by atoms with Gasteiger partial charge in [0, 0.05) is 36.8 Å². The number of morpholine rings is 1. The van der Waals surface area contributed by atoms with Crippen molar-refractivity contribution in [2.45, 2.75) is 23.3 Å². The Kier molecular flexibility index (Phi) is 5.04. The lowest BCUT2D eigenvalue weighted by molar-refractivity contribution is -0.384. The average Bonchev–Trinajstić information content (AvgIpc) is 3.29. The molecule has 0 radical (unpaired) electrons. The first-order chi connectivity index (χ1) is 14.9. The number of nitrogens with one attached hydrogen (secondary N) is 1. The lowest BCUT2D eigenvalue weighted by atomic mass is 9.77. The second kappa shape index (κ2) is 7.74. The minimum atomic E-state index is -3.58. The third-order valence-electron chi connectivity index (χ3n) is 6.38. The Labute approximate surface area is 180 Å². The van der Waals surface area contributed by atoms with Gasteiger partial charge in [0.1, 0.15) is 0 Å². The molecular formula is C22H23N3O5S. The quantitative estimate of drug-likeness (QED) is 0.443. The van der Waals surface area contributed by atoms with Gasteiger partial charge in [-0.15, -0.1) is 0 Å². The second-order valence-electron chi connectivity index (χ2n) is 8.09. The van der Waals surface area contributed by atoms with Gasteiger partial charge in [0.2, 0.25) is 10.0 Å². The smallest absolute Gasteiger partial charge is 0.269 e. The van der Waals surface area contributed by atoms with Crippen molar-refractivity contribution < 1.29 is 18.1 Å². The van der Waals surface area contributed by atoms with Gasteiger partial charge in [0.15, 0.2) is 0 Å². The Hall–Kier alpha value is -2.75. The molecule has 2 aliphatic heterocycles. The van der Waals surface area contributed by atoms with E-state index in [1.807, 2.05) is 12.1 Å². The number of fused-ring (bicyclic) bond motifs is 3. The molecule has 0 amide bonds. The molecule has 8 nitrogen and oxygen atoms in total. The van der Waals surface area contributed by atoms with Crippen LogP contribution in [0.5, 0.6) is 0 Å². The van der Waals surface area contributed by atoms with Crippen LogP contribution in [-0.2, 0) is 14.8 Å². The van der Waals surface area contributed by atoms with Crippen LogP contribution in [-0.4, -0.2) is 43.9 Å². The molecule has 2 aromatic carbocycles. The first-order valence-electron chi connectivity index (χ1n) is 10.3. The Bertz CT molecular complexity index is 1160. The van der Waals surface area contributed by atoms with E-state index >= 15 is 0 Å². The zero-order valence-corrected chi connectivity index (χ0v) is 17.6. The number of ether oxygens (including phenoxy) is 1. The number of rotatable bonds is 4. The summed E-state index contributed by atoms with van der Waals surface area (Å²) in [5, 5.41) is 14.7. The summed E-state index contributed by atoms with van der Waals surface area (Å²) in [6.07, 6.45) is 5.06. The van der Waals surface area contributed by atoms with Gasteiger partial charge in [-0.05, 0) is 41.7 Å². The molecule has 1 saturated heterocycles. The molecule has 1 aliphatic carbocycles. The standard InChI is InChI=1S/C22H23N3O5S/c26-25(27)16-4-1-3-15(13-16)22-19-6-2-5-18(19)20-14-17(7-8-21(20)23-22)31(28,29)24-9-11-30-12-10-24/h1-5,7-8,13-14,18-19,22-23H,6,9-12H2. The van der Waals surface area contributed by atoms with Gasteiger partial charge in [-0.1, -0.05) is 24.3 Å². The van der Waals surface area contributed by atoms with Crippen LogP contribution in [0.2, 0.25) is 0 Å². The molecular weight excluding hydrogens is 418 g/mol. The van der Waals surface area contributed by atoms with E-state index in [9.17, 15) is 18.5 Å². The van der Waals surface area contributed by atoms with E-state index in [1.165, 1.54) is 10.4 Å². The van der Waals surface area contributed by atoms with E-state index in [4.69, 9.17) is 4.74 Å². The second-order valence-corrected chi connectivity index (χ2v) is 10.0. The molecule has 3 unspecified atom stereocenters. The Morgan fingerprint density at radius 3 is 2.71 bits per heavy atom. The predicted molar refractivity (Wildman–Crippen MR) is 115 cm³/mol. The molecule has 9 heteroatoms. The van der Waals surface area contributed by atoms with Gasteiger partial charge in [-0.2, -0.15) is 4.31 Å². The Morgan fingerprint density at radius 2 is 1.94 bits per heavy atom. The highest BCUT2D eigenvalue weighted by Crippen LogP contribution is 2.50. The summed E-state index contributed by atoms with van der Waals surface area (Å²) in [6, 6.07) is 11.9. The fraction of sp³-hybridized carbons (Fsp3) is 0.364. The number of hydrogen-bond acceptors (Lipinski definition) is 6. The number of nitrogens with zero attached hydrogens (tertiary/aromatic N) is 2. The zero-order chi connectivity index (χ0) is 21.6. The molecule has 1 fully saturated rings. The van der Waals surface area contributed by atoms with Gasteiger partial charge < -0.3 is 10.1 Å². The molecule has 3 atom stereocenters. The molecule has 0 aromatic heterocycles. The van der Waals surface area contributed by atoms with Gasteiger partial charge in [0.05, 0.1) is 29.1 Å². The number of allylic oxidation sites excluding steroid dienone is 2. The van der Waals surface area contributed by atoms with E-state index in [0.717, 1.165) is 23.2 Å². The number of nitro groups is 1. The van der Waals surface area contributed by atoms with Crippen LogP contribution >= 0.6 is 0 Å². The van der Waals surface area contributed by atoms with Crippen molar-refractivity contribution in [2.24, 2.45) is 5.92 Å². The molecule has 2 heterocycles.